The highest BCUT2D eigenvalue weighted by Crippen LogP contribution is 2.29. The summed E-state index contributed by atoms with van der Waals surface area (Å²) >= 11 is 14.2. The maximum absolute atomic E-state index is 6.24. The Morgan fingerprint density at radius 3 is 2.81 bits per heavy atom. The normalized spacial score (nSPS) is 12.5. The first-order chi connectivity index (χ1) is 10.2. The largest absolute Gasteiger partial charge is 0.337 e. The lowest BCUT2D eigenvalue weighted by Crippen LogP contribution is -2.08. The van der Waals surface area contributed by atoms with Crippen LogP contribution in [0.2, 0.25) is 10.0 Å². The average Bonchev–Trinajstić information content (AvgIpc) is 2.96. The number of hydrogen-bond donors (Lipinski definition) is 0. The van der Waals surface area contributed by atoms with Crippen molar-refractivity contribution in [2.24, 2.45) is 0 Å². The highest BCUT2D eigenvalue weighted by molar-refractivity contribution is 7.99. The third-order valence-electron chi connectivity index (χ3n) is 3.37. The zero-order valence-electron chi connectivity index (χ0n) is 12.1. The summed E-state index contributed by atoms with van der Waals surface area (Å²) in [5.74, 6) is 0.935. The molecule has 0 saturated heterocycles. The number of nitrogens with zero attached hydrogens (tertiary/aromatic N) is 2. The quantitative estimate of drug-likeness (QED) is 0.613. The molecule has 1 heterocycles. The van der Waals surface area contributed by atoms with Gasteiger partial charge in [-0.05, 0) is 30.5 Å². The molecule has 114 valence electrons. The van der Waals surface area contributed by atoms with Crippen LogP contribution in [0.4, 0.5) is 0 Å². The fraction of sp³-hybridized carbons (Fsp3) is 0.438. The van der Waals surface area contributed by atoms with E-state index in [9.17, 15) is 0 Å². The van der Waals surface area contributed by atoms with Gasteiger partial charge in [-0.3, -0.25) is 0 Å². The highest BCUT2D eigenvalue weighted by atomic mass is 35.5. The lowest BCUT2D eigenvalue weighted by atomic mass is 10.2. The van der Waals surface area contributed by atoms with E-state index in [-0.39, 0.29) is 0 Å². The van der Waals surface area contributed by atoms with E-state index in [4.69, 9.17) is 23.2 Å². The molecule has 2 nitrogen and oxygen atoms in total. The fourth-order valence-corrected chi connectivity index (χ4v) is 4.09. The molecule has 0 N–H and O–H groups in total. The summed E-state index contributed by atoms with van der Waals surface area (Å²) in [6.45, 7) is 3.26. The Morgan fingerprint density at radius 2 is 2.14 bits per heavy atom. The summed E-state index contributed by atoms with van der Waals surface area (Å²) in [6.07, 6.45) is 9.31. The summed E-state index contributed by atoms with van der Waals surface area (Å²) in [5, 5.41) is 2.10. The Bertz CT molecular complexity index is 543. The number of halogens is 2. The van der Waals surface area contributed by atoms with E-state index < -0.39 is 0 Å². The van der Waals surface area contributed by atoms with Crippen molar-refractivity contribution in [3.05, 3.63) is 52.5 Å². The van der Waals surface area contributed by atoms with Crippen molar-refractivity contribution in [1.82, 2.24) is 9.55 Å². The van der Waals surface area contributed by atoms with Gasteiger partial charge < -0.3 is 4.57 Å². The molecule has 0 spiro atoms. The predicted octanol–water partition coefficient (Wildman–Crippen LogP) is 5.68. The smallest absolute Gasteiger partial charge is 0.0945 e. The molecule has 21 heavy (non-hydrogen) atoms. The third kappa shape index (κ3) is 5.57. The maximum atomic E-state index is 6.24. The molecule has 0 aliphatic rings. The van der Waals surface area contributed by atoms with Crippen LogP contribution in [0.5, 0.6) is 0 Å². The molecule has 0 aliphatic carbocycles. The second-order valence-corrected chi connectivity index (χ2v) is 7.18. The molecular formula is C16H20Cl2N2S. The lowest BCUT2D eigenvalue weighted by molar-refractivity contribution is 0.594. The molecule has 0 bridgehead atoms. The summed E-state index contributed by atoms with van der Waals surface area (Å²) in [6, 6.07) is 5.75. The van der Waals surface area contributed by atoms with Crippen LogP contribution in [0.1, 0.15) is 31.7 Å². The van der Waals surface area contributed by atoms with Crippen molar-refractivity contribution in [2.45, 2.75) is 43.7 Å². The first-order valence-electron chi connectivity index (χ1n) is 7.20. The van der Waals surface area contributed by atoms with E-state index in [1.54, 1.807) is 0 Å². The van der Waals surface area contributed by atoms with Gasteiger partial charge in [-0.1, -0.05) is 42.6 Å². The molecule has 1 aromatic carbocycles. The van der Waals surface area contributed by atoms with Crippen LogP contribution in [0.25, 0.3) is 0 Å². The van der Waals surface area contributed by atoms with Crippen LogP contribution >= 0.6 is 35.0 Å². The first-order valence-corrected chi connectivity index (χ1v) is 9.00. The van der Waals surface area contributed by atoms with Crippen LogP contribution in [0.3, 0.4) is 0 Å². The molecule has 1 unspecified atom stereocenters. The van der Waals surface area contributed by atoms with Gasteiger partial charge in [0.05, 0.1) is 6.33 Å². The Morgan fingerprint density at radius 1 is 1.29 bits per heavy atom. The number of imidazole rings is 1. The van der Waals surface area contributed by atoms with Crippen molar-refractivity contribution in [1.29, 1.82) is 0 Å². The highest BCUT2D eigenvalue weighted by Gasteiger charge is 2.10. The summed E-state index contributed by atoms with van der Waals surface area (Å²) in [5.41, 5.74) is 1.16. The molecule has 0 saturated carbocycles. The monoisotopic (exact) mass is 342 g/mol. The van der Waals surface area contributed by atoms with Gasteiger partial charge in [-0.25, -0.2) is 4.98 Å². The second kappa shape index (κ2) is 8.72. The second-order valence-electron chi connectivity index (χ2n) is 5.05. The van der Waals surface area contributed by atoms with Gasteiger partial charge >= 0.3 is 0 Å². The van der Waals surface area contributed by atoms with E-state index in [1.807, 2.05) is 48.7 Å². The van der Waals surface area contributed by atoms with Gasteiger partial charge in [-0.2, -0.15) is 11.8 Å². The van der Waals surface area contributed by atoms with Crippen molar-refractivity contribution >= 4 is 35.0 Å². The standard InChI is InChI=1S/C16H20Cl2N2S/c1-2-3-15(6-8-20-9-7-19-12-20)21-11-13-4-5-14(17)10-16(13)18/h4-5,7,9-10,12,15H,2-3,6,8,11H2,1H3. The first kappa shape index (κ1) is 16.7. The number of hydrogen-bond acceptors (Lipinski definition) is 2. The molecule has 5 heteroatoms. The number of aromatic nitrogens is 2. The minimum atomic E-state index is 0.643. The molecule has 0 amide bonds. The van der Waals surface area contributed by atoms with E-state index >= 15 is 0 Å². The van der Waals surface area contributed by atoms with E-state index in [0.717, 1.165) is 29.3 Å². The molecule has 1 atom stereocenters. The van der Waals surface area contributed by atoms with Gasteiger partial charge in [0.25, 0.3) is 0 Å². The number of rotatable bonds is 8. The third-order valence-corrected chi connectivity index (χ3v) is 5.38. The maximum Gasteiger partial charge on any atom is 0.0945 e. The van der Waals surface area contributed by atoms with Gasteiger partial charge in [-0.15, -0.1) is 0 Å². The Balaban J connectivity index is 1.86. The molecule has 2 rings (SSSR count). The van der Waals surface area contributed by atoms with Crippen LogP contribution in [-0.2, 0) is 12.3 Å². The minimum absolute atomic E-state index is 0.643. The predicted molar refractivity (Wildman–Crippen MR) is 93.3 cm³/mol. The summed E-state index contributed by atoms with van der Waals surface area (Å²) in [4.78, 5) is 4.09. The number of thioether (sulfide) groups is 1. The fourth-order valence-electron chi connectivity index (χ4n) is 2.19. The van der Waals surface area contributed by atoms with E-state index in [2.05, 4.69) is 16.5 Å². The minimum Gasteiger partial charge on any atom is -0.337 e. The Hall–Kier alpha value is -0.640. The molecular weight excluding hydrogens is 323 g/mol. The zero-order chi connectivity index (χ0) is 15.1. The molecule has 2 aromatic rings. The van der Waals surface area contributed by atoms with Crippen LogP contribution < -0.4 is 0 Å². The van der Waals surface area contributed by atoms with Gasteiger partial charge in [0.15, 0.2) is 0 Å². The van der Waals surface area contributed by atoms with Gasteiger partial charge in [0.2, 0.25) is 0 Å². The summed E-state index contributed by atoms with van der Waals surface area (Å²) in [7, 11) is 0. The average molecular weight is 343 g/mol. The van der Waals surface area contributed by atoms with Crippen molar-refractivity contribution in [2.75, 3.05) is 0 Å². The number of aryl methyl sites for hydroxylation is 1. The van der Waals surface area contributed by atoms with E-state index in [0.29, 0.717) is 10.3 Å². The van der Waals surface area contributed by atoms with Crippen LogP contribution in [-0.4, -0.2) is 14.8 Å². The van der Waals surface area contributed by atoms with Gasteiger partial charge in [0, 0.05) is 40.0 Å². The Labute approximate surface area is 140 Å². The van der Waals surface area contributed by atoms with E-state index in [1.165, 1.54) is 12.8 Å². The lowest BCUT2D eigenvalue weighted by Gasteiger charge is -2.16. The zero-order valence-corrected chi connectivity index (χ0v) is 14.5. The summed E-state index contributed by atoms with van der Waals surface area (Å²) < 4.78 is 2.14. The molecule has 0 radical (unpaired) electrons. The van der Waals surface area contributed by atoms with Crippen LogP contribution in [0.15, 0.2) is 36.9 Å². The Kier molecular flexibility index (Phi) is 6.94. The molecule has 1 aromatic heterocycles. The van der Waals surface area contributed by atoms with Crippen molar-refractivity contribution in [3.8, 4) is 0 Å². The van der Waals surface area contributed by atoms with Crippen LogP contribution in [0, 0.1) is 0 Å². The topological polar surface area (TPSA) is 17.8 Å². The number of benzene rings is 1. The van der Waals surface area contributed by atoms with Crippen molar-refractivity contribution < 1.29 is 0 Å². The van der Waals surface area contributed by atoms with Crippen molar-refractivity contribution in [3.63, 3.8) is 0 Å². The van der Waals surface area contributed by atoms with Gasteiger partial charge in [0.1, 0.15) is 0 Å². The molecule has 0 fully saturated rings. The molecule has 0 aliphatic heterocycles. The SMILES string of the molecule is CCCC(CCn1ccnc1)SCc1ccc(Cl)cc1Cl.